The van der Waals surface area contributed by atoms with Gasteiger partial charge in [0.25, 0.3) is 0 Å². The van der Waals surface area contributed by atoms with E-state index in [2.05, 4.69) is 69.3 Å². The number of fused-ring (bicyclic) bond motifs is 3. The first-order chi connectivity index (χ1) is 14.6. The molecule has 0 saturated heterocycles. The first-order valence-corrected chi connectivity index (χ1v) is 11.5. The van der Waals surface area contributed by atoms with E-state index in [1.54, 1.807) is 0 Å². The first kappa shape index (κ1) is 19.4. The van der Waals surface area contributed by atoms with Crippen LogP contribution in [0.15, 0.2) is 59.1 Å². The number of pyridine rings is 1. The average molecular weight is 398 g/mol. The van der Waals surface area contributed by atoms with E-state index in [1.165, 1.54) is 54.0 Å². The minimum absolute atomic E-state index is 0.500. The van der Waals surface area contributed by atoms with Crippen LogP contribution in [0.3, 0.4) is 0 Å². The summed E-state index contributed by atoms with van der Waals surface area (Å²) in [6.45, 7) is 6.83. The van der Waals surface area contributed by atoms with Gasteiger partial charge in [0.15, 0.2) is 0 Å². The van der Waals surface area contributed by atoms with Gasteiger partial charge in [0.2, 0.25) is 0 Å². The second-order valence-electron chi connectivity index (χ2n) is 9.38. The molecule has 2 heterocycles. The lowest BCUT2D eigenvalue weighted by Crippen LogP contribution is -2.03. The molecule has 1 aliphatic rings. The zero-order valence-corrected chi connectivity index (χ0v) is 18.3. The second-order valence-corrected chi connectivity index (χ2v) is 9.38. The summed E-state index contributed by atoms with van der Waals surface area (Å²) in [5.41, 5.74) is 6.82. The molecule has 2 aromatic carbocycles. The van der Waals surface area contributed by atoms with Crippen molar-refractivity contribution in [3.8, 4) is 11.3 Å². The van der Waals surface area contributed by atoms with Gasteiger partial charge >= 0.3 is 0 Å². The summed E-state index contributed by atoms with van der Waals surface area (Å²) in [5, 5.41) is 2.39. The molecule has 1 fully saturated rings. The Morgan fingerprint density at radius 1 is 0.900 bits per heavy atom. The zero-order chi connectivity index (χ0) is 20.7. The van der Waals surface area contributed by atoms with E-state index < -0.39 is 0 Å². The van der Waals surface area contributed by atoms with Crippen molar-refractivity contribution in [3.05, 3.63) is 65.9 Å². The number of para-hydroxylation sites is 1. The highest BCUT2D eigenvalue weighted by molar-refractivity contribution is 6.09. The molecule has 0 amide bonds. The van der Waals surface area contributed by atoms with E-state index in [4.69, 9.17) is 9.40 Å². The zero-order valence-electron chi connectivity index (χ0n) is 18.3. The van der Waals surface area contributed by atoms with Crippen LogP contribution in [0.25, 0.3) is 33.2 Å². The lowest BCUT2D eigenvalue weighted by Gasteiger charge is -2.21. The molecule has 1 unspecified atom stereocenters. The number of rotatable bonds is 4. The molecule has 0 aliphatic heterocycles. The fourth-order valence-electron chi connectivity index (χ4n) is 4.97. The molecular formula is C28H31NO. The Morgan fingerprint density at radius 2 is 1.73 bits per heavy atom. The Morgan fingerprint density at radius 3 is 2.53 bits per heavy atom. The number of benzene rings is 2. The quantitative estimate of drug-likeness (QED) is 0.345. The average Bonchev–Trinajstić information content (AvgIpc) is 3.17. The second kappa shape index (κ2) is 7.91. The maximum Gasteiger partial charge on any atom is 0.144 e. The monoisotopic (exact) mass is 397 g/mol. The highest BCUT2D eigenvalue weighted by Gasteiger charge is 2.19. The molecule has 30 heavy (non-hydrogen) atoms. The summed E-state index contributed by atoms with van der Waals surface area (Å²) < 4.78 is 6.48. The lowest BCUT2D eigenvalue weighted by atomic mass is 9.84. The molecule has 1 aliphatic carbocycles. The highest BCUT2D eigenvalue weighted by atomic mass is 16.3. The molecule has 1 saturated carbocycles. The largest absolute Gasteiger partial charge is 0.455 e. The van der Waals surface area contributed by atoms with E-state index in [0.29, 0.717) is 17.8 Å². The molecule has 2 heteroatoms. The van der Waals surface area contributed by atoms with E-state index in [-0.39, 0.29) is 0 Å². The van der Waals surface area contributed by atoms with Crippen LogP contribution in [0, 0.1) is 5.92 Å². The number of furan rings is 1. The van der Waals surface area contributed by atoms with Crippen molar-refractivity contribution in [1.82, 2.24) is 4.98 Å². The third-order valence-corrected chi connectivity index (χ3v) is 7.19. The summed E-state index contributed by atoms with van der Waals surface area (Å²) in [4.78, 5) is 4.70. The lowest BCUT2D eigenvalue weighted by molar-refractivity contribution is 0.443. The van der Waals surface area contributed by atoms with Gasteiger partial charge in [-0.15, -0.1) is 0 Å². The molecule has 2 aromatic heterocycles. The van der Waals surface area contributed by atoms with Gasteiger partial charge in [-0.2, -0.15) is 0 Å². The van der Waals surface area contributed by atoms with Crippen LogP contribution >= 0.6 is 0 Å². The highest BCUT2D eigenvalue weighted by Crippen LogP contribution is 2.39. The van der Waals surface area contributed by atoms with Gasteiger partial charge in [-0.3, -0.25) is 4.98 Å². The van der Waals surface area contributed by atoms with E-state index in [9.17, 15) is 0 Å². The maximum absolute atomic E-state index is 6.48. The predicted octanol–water partition coefficient (Wildman–Crippen LogP) is 8.46. The van der Waals surface area contributed by atoms with Gasteiger partial charge in [-0.05, 0) is 66.0 Å². The minimum atomic E-state index is 0.500. The summed E-state index contributed by atoms with van der Waals surface area (Å²) >= 11 is 0. The standard InChI is InChI=1S/C28H31NO/c1-18(2)19(3)21-14-15-29-26(16-21)25-11-7-10-24-23-13-12-22(17-27(23)30-28(24)25)20-8-5-4-6-9-20/h7,10-20H,4-6,8-9H2,1-3H3. The van der Waals surface area contributed by atoms with Gasteiger partial charge in [0.05, 0.1) is 5.69 Å². The van der Waals surface area contributed by atoms with Crippen LogP contribution in [-0.4, -0.2) is 4.98 Å². The Kier molecular flexibility index (Phi) is 5.10. The minimum Gasteiger partial charge on any atom is -0.455 e. The molecule has 1 atom stereocenters. The Labute approximate surface area is 179 Å². The number of hydrogen-bond acceptors (Lipinski definition) is 2. The molecule has 2 nitrogen and oxygen atoms in total. The van der Waals surface area contributed by atoms with Crippen molar-refractivity contribution in [2.75, 3.05) is 0 Å². The Bertz CT molecular complexity index is 1180. The van der Waals surface area contributed by atoms with Gasteiger partial charge in [-0.25, -0.2) is 0 Å². The van der Waals surface area contributed by atoms with E-state index in [1.807, 2.05) is 6.20 Å². The molecule has 0 N–H and O–H groups in total. The molecule has 0 bridgehead atoms. The van der Waals surface area contributed by atoms with Crippen LogP contribution in [-0.2, 0) is 0 Å². The van der Waals surface area contributed by atoms with Crippen LogP contribution in [0.2, 0.25) is 0 Å². The molecule has 0 spiro atoms. The van der Waals surface area contributed by atoms with Gasteiger partial charge < -0.3 is 4.42 Å². The van der Waals surface area contributed by atoms with Crippen molar-refractivity contribution in [2.24, 2.45) is 5.92 Å². The van der Waals surface area contributed by atoms with E-state index >= 15 is 0 Å². The van der Waals surface area contributed by atoms with Crippen LogP contribution in [0.1, 0.15) is 75.8 Å². The summed E-state index contributed by atoms with van der Waals surface area (Å²) in [5.74, 6) is 1.78. The molecule has 154 valence electrons. The topological polar surface area (TPSA) is 26.0 Å². The Balaban J connectivity index is 1.61. The normalized spacial score (nSPS) is 16.5. The molecule has 5 rings (SSSR count). The summed E-state index contributed by atoms with van der Waals surface area (Å²) in [6.07, 6.45) is 8.64. The third kappa shape index (κ3) is 3.43. The van der Waals surface area contributed by atoms with Gasteiger partial charge in [0, 0.05) is 22.5 Å². The fraction of sp³-hybridized carbons (Fsp3) is 0.393. The van der Waals surface area contributed by atoms with Crippen molar-refractivity contribution >= 4 is 21.9 Å². The van der Waals surface area contributed by atoms with Gasteiger partial charge in [-0.1, -0.05) is 64.3 Å². The van der Waals surface area contributed by atoms with E-state index in [0.717, 1.165) is 22.4 Å². The van der Waals surface area contributed by atoms with Crippen molar-refractivity contribution < 1.29 is 4.42 Å². The van der Waals surface area contributed by atoms with Crippen LogP contribution in [0.4, 0.5) is 0 Å². The van der Waals surface area contributed by atoms with Crippen molar-refractivity contribution in [1.29, 1.82) is 0 Å². The third-order valence-electron chi connectivity index (χ3n) is 7.19. The number of hydrogen-bond donors (Lipinski definition) is 0. The number of aromatic nitrogens is 1. The van der Waals surface area contributed by atoms with Gasteiger partial charge in [0.1, 0.15) is 11.2 Å². The van der Waals surface area contributed by atoms with Crippen LogP contribution < -0.4 is 0 Å². The smallest absolute Gasteiger partial charge is 0.144 e. The van der Waals surface area contributed by atoms with Crippen molar-refractivity contribution in [3.63, 3.8) is 0 Å². The fourth-order valence-corrected chi connectivity index (χ4v) is 4.97. The molecule has 4 aromatic rings. The predicted molar refractivity (Wildman–Crippen MR) is 126 cm³/mol. The molecule has 0 radical (unpaired) electrons. The summed E-state index contributed by atoms with van der Waals surface area (Å²) in [7, 11) is 0. The van der Waals surface area contributed by atoms with Crippen molar-refractivity contribution in [2.45, 2.75) is 64.7 Å². The Hall–Kier alpha value is -2.61. The van der Waals surface area contributed by atoms with Crippen LogP contribution in [0.5, 0.6) is 0 Å². The maximum atomic E-state index is 6.48. The molecular weight excluding hydrogens is 366 g/mol. The summed E-state index contributed by atoms with van der Waals surface area (Å²) in [6, 6.07) is 17.7. The SMILES string of the molecule is CC(C)C(C)c1ccnc(-c2cccc3c2oc2cc(C4CCCCC4)ccc23)c1. The number of nitrogens with zero attached hydrogens (tertiary/aromatic N) is 1. The first-order valence-electron chi connectivity index (χ1n) is 11.5.